The van der Waals surface area contributed by atoms with Crippen LogP contribution in [0, 0.1) is 0 Å². The smallest absolute Gasteiger partial charge is 0.303 e. The minimum Gasteiger partial charge on any atom is -0.492 e. The molecule has 1 aromatic carbocycles. The van der Waals surface area contributed by atoms with Gasteiger partial charge in [-0.2, -0.15) is 0 Å². The van der Waals surface area contributed by atoms with E-state index in [2.05, 4.69) is 26.2 Å². The van der Waals surface area contributed by atoms with E-state index in [4.69, 9.17) is 9.84 Å². The van der Waals surface area contributed by atoms with Gasteiger partial charge >= 0.3 is 5.97 Å². The van der Waals surface area contributed by atoms with Gasteiger partial charge in [-0.25, -0.2) is 4.68 Å². The molecule has 0 aliphatic heterocycles. The third-order valence-corrected chi connectivity index (χ3v) is 3.06. The Labute approximate surface area is 124 Å². The first-order valence-electron chi connectivity index (χ1n) is 6.12. The molecule has 2 aromatic rings. The van der Waals surface area contributed by atoms with Gasteiger partial charge in [0.2, 0.25) is 0 Å². The molecule has 6 nitrogen and oxygen atoms in total. The number of nitrogens with zero attached hydrogens (tertiary/aromatic N) is 3. The average molecular weight is 340 g/mol. The normalized spacial score (nSPS) is 10.4. The van der Waals surface area contributed by atoms with Crippen LogP contribution in [0.1, 0.15) is 12.1 Å². The molecular formula is C13H14BrN3O3. The van der Waals surface area contributed by atoms with Crippen LogP contribution in [0.2, 0.25) is 0 Å². The summed E-state index contributed by atoms with van der Waals surface area (Å²) in [5.41, 5.74) is 0.676. The maximum atomic E-state index is 10.5. The van der Waals surface area contributed by atoms with Gasteiger partial charge in [-0.15, -0.1) is 5.10 Å². The number of aromatic nitrogens is 3. The first-order valence-corrected chi connectivity index (χ1v) is 6.92. The molecule has 0 spiro atoms. The Hall–Kier alpha value is -1.89. The number of hydrogen-bond donors (Lipinski definition) is 1. The van der Waals surface area contributed by atoms with E-state index in [9.17, 15) is 4.79 Å². The van der Waals surface area contributed by atoms with E-state index < -0.39 is 5.97 Å². The molecule has 2 rings (SSSR count). The SMILES string of the molecule is O=C(O)CCc1cn(CCOc2cccc(Br)c2)nn1. The summed E-state index contributed by atoms with van der Waals surface area (Å²) in [6.45, 7) is 1.03. The molecule has 106 valence electrons. The van der Waals surface area contributed by atoms with Crippen LogP contribution < -0.4 is 4.74 Å². The number of benzene rings is 1. The molecular weight excluding hydrogens is 326 g/mol. The van der Waals surface area contributed by atoms with Crippen LogP contribution in [0.4, 0.5) is 0 Å². The lowest BCUT2D eigenvalue weighted by Gasteiger charge is -2.05. The number of aryl methyl sites for hydroxylation is 1. The van der Waals surface area contributed by atoms with Crippen LogP contribution in [0.5, 0.6) is 5.75 Å². The van der Waals surface area contributed by atoms with Gasteiger partial charge in [0.05, 0.1) is 18.7 Å². The molecule has 1 heterocycles. The summed E-state index contributed by atoms with van der Waals surface area (Å²) in [6.07, 6.45) is 2.20. The van der Waals surface area contributed by atoms with Crippen molar-refractivity contribution in [3.8, 4) is 5.75 Å². The van der Waals surface area contributed by atoms with Crippen LogP contribution in [-0.2, 0) is 17.8 Å². The minimum atomic E-state index is -0.836. The Bertz CT molecular complexity index is 586. The summed E-state index contributed by atoms with van der Waals surface area (Å²) in [6, 6.07) is 7.60. The van der Waals surface area contributed by atoms with Crippen molar-refractivity contribution in [3.05, 3.63) is 40.6 Å². The van der Waals surface area contributed by atoms with Crippen molar-refractivity contribution in [2.45, 2.75) is 19.4 Å². The molecule has 0 saturated carbocycles. The van der Waals surface area contributed by atoms with Crippen molar-refractivity contribution >= 4 is 21.9 Å². The summed E-state index contributed by atoms with van der Waals surface area (Å²) < 4.78 is 8.20. The average Bonchev–Trinajstić information content (AvgIpc) is 2.84. The monoisotopic (exact) mass is 339 g/mol. The number of carbonyl (C=O) groups is 1. The van der Waals surface area contributed by atoms with Crippen molar-refractivity contribution < 1.29 is 14.6 Å². The highest BCUT2D eigenvalue weighted by molar-refractivity contribution is 9.10. The number of ether oxygens (including phenoxy) is 1. The number of rotatable bonds is 7. The zero-order valence-electron chi connectivity index (χ0n) is 10.7. The van der Waals surface area contributed by atoms with Crippen LogP contribution in [0.15, 0.2) is 34.9 Å². The minimum absolute atomic E-state index is 0.0627. The molecule has 0 aliphatic rings. The van der Waals surface area contributed by atoms with Crippen molar-refractivity contribution in [2.75, 3.05) is 6.61 Å². The van der Waals surface area contributed by atoms with E-state index in [-0.39, 0.29) is 6.42 Å². The highest BCUT2D eigenvalue weighted by Crippen LogP contribution is 2.17. The second kappa shape index (κ2) is 7.04. The molecule has 7 heteroatoms. The van der Waals surface area contributed by atoms with Gasteiger partial charge in [0.1, 0.15) is 12.4 Å². The van der Waals surface area contributed by atoms with Crippen LogP contribution in [0.25, 0.3) is 0 Å². The topological polar surface area (TPSA) is 77.2 Å². The zero-order valence-corrected chi connectivity index (χ0v) is 12.3. The first-order chi connectivity index (χ1) is 9.63. The molecule has 0 atom stereocenters. The van der Waals surface area contributed by atoms with Crippen molar-refractivity contribution in [1.29, 1.82) is 0 Å². The van der Waals surface area contributed by atoms with E-state index in [0.29, 0.717) is 25.3 Å². The molecule has 20 heavy (non-hydrogen) atoms. The predicted octanol–water partition coefficient (Wildman–Crippen LogP) is 2.14. The molecule has 0 saturated heterocycles. The van der Waals surface area contributed by atoms with Crippen LogP contribution in [-0.4, -0.2) is 32.7 Å². The zero-order chi connectivity index (χ0) is 14.4. The third kappa shape index (κ3) is 4.65. The fourth-order valence-electron chi connectivity index (χ4n) is 1.61. The highest BCUT2D eigenvalue weighted by atomic mass is 79.9. The molecule has 0 fully saturated rings. The number of carboxylic acid groups (broad SMARTS) is 1. The maximum Gasteiger partial charge on any atom is 0.303 e. The Balaban J connectivity index is 1.78. The summed E-state index contributed by atoms with van der Waals surface area (Å²) in [7, 11) is 0. The molecule has 0 unspecified atom stereocenters. The Kier molecular flexibility index (Phi) is 5.11. The van der Waals surface area contributed by atoms with Crippen molar-refractivity contribution in [1.82, 2.24) is 15.0 Å². The van der Waals surface area contributed by atoms with Crippen LogP contribution >= 0.6 is 15.9 Å². The number of hydrogen-bond acceptors (Lipinski definition) is 4. The summed E-state index contributed by atoms with van der Waals surface area (Å²) in [5.74, 6) is -0.0527. The van der Waals surface area contributed by atoms with Gasteiger partial charge in [0.25, 0.3) is 0 Å². The Morgan fingerprint density at radius 3 is 3.05 bits per heavy atom. The maximum absolute atomic E-state index is 10.5. The van der Waals surface area contributed by atoms with Crippen molar-refractivity contribution in [2.24, 2.45) is 0 Å². The molecule has 0 amide bonds. The van der Waals surface area contributed by atoms with Gasteiger partial charge < -0.3 is 9.84 Å². The second-order valence-corrected chi connectivity index (χ2v) is 5.09. The Morgan fingerprint density at radius 1 is 1.45 bits per heavy atom. The van der Waals surface area contributed by atoms with E-state index >= 15 is 0 Å². The highest BCUT2D eigenvalue weighted by Gasteiger charge is 2.04. The van der Waals surface area contributed by atoms with Gasteiger partial charge in [-0.3, -0.25) is 4.79 Å². The van der Waals surface area contributed by atoms with Gasteiger partial charge in [-0.05, 0) is 18.2 Å². The quantitative estimate of drug-likeness (QED) is 0.836. The lowest BCUT2D eigenvalue weighted by atomic mass is 10.2. The van der Waals surface area contributed by atoms with Crippen LogP contribution in [0.3, 0.4) is 0 Å². The van der Waals surface area contributed by atoms with E-state index in [1.807, 2.05) is 24.3 Å². The molecule has 1 N–H and O–H groups in total. The number of aliphatic carboxylic acids is 1. The largest absolute Gasteiger partial charge is 0.492 e. The summed E-state index contributed by atoms with van der Waals surface area (Å²) in [5, 5.41) is 16.4. The van der Waals surface area contributed by atoms with Crippen molar-refractivity contribution in [3.63, 3.8) is 0 Å². The molecule has 0 radical (unpaired) electrons. The molecule has 1 aromatic heterocycles. The fourth-order valence-corrected chi connectivity index (χ4v) is 1.99. The first kappa shape index (κ1) is 14.5. The third-order valence-electron chi connectivity index (χ3n) is 2.57. The molecule has 0 bridgehead atoms. The van der Waals surface area contributed by atoms with Gasteiger partial charge in [0, 0.05) is 17.1 Å². The Morgan fingerprint density at radius 2 is 2.30 bits per heavy atom. The molecule has 0 aliphatic carbocycles. The number of halogens is 1. The van der Waals surface area contributed by atoms with E-state index in [0.717, 1.165) is 10.2 Å². The lowest BCUT2D eigenvalue weighted by Crippen LogP contribution is -2.08. The summed E-state index contributed by atoms with van der Waals surface area (Å²) in [4.78, 5) is 10.5. The predicted molar refractivity (Wildman–Crippen MR) is 75.6 cm³/mol. The van der Waals surface area contributed by atoms with Gasteiger partial charge in [-0.1, -0.05) is 27.2 Å². The van der Waals surface area contributed by atoms with Gasteiger partial charge in [0.15, 0.2) is 0 Å². The fraction of sp³-hybridized carbons (Fsp3) is 0.308. The van der Waals surface area contributed by atoms with E-state index in [1.54, 1.807) is 10.9 Å². The summed E-state index contributed by atoms with van der Waals surface area (Å²) >= 11 is 3.38. The lowest BCUT2D eigenvalue weighted by molar-refractivity contribution is -0.136. The number of carboxylic acids is 1. The second-order valence-electron chi connectivity index (χ2n) is 4.17. The standard InChI is InChI=1S/C13H14BrN3O3/c14-10-2-1-3-12(8-10)20-7-6-17-9-11(15-16-17)4-5-13(18)19/h1-3,8-9H,4-7H2,(H,18,19). The van der Waals surface area contributed by atoms with E-state index in [1.165, 1.54) is 0 Å².